The molecule has 0 aliphatic heterocycles. The lowest BCUT2D eigenvalue weighted by molar-refractivity contribution is 0.584. The van der Waals surface area contributed by atoms with E-state index in [9.17, 15) is 8.78 Å². The lowest BCUT2D eigenvalue weighted by Gasteiger charge is -2.03. The van der Waals surface area contributed by atoms with Gasteiger partial charge in [0.05, 0.1) is 28.2 Å². The Bertz CT molecular complexity index is 859. The first kappa shape index (κ1) is 12.3. The molecule has 5 heteroatoms. The molecule has 0 bridgehead atoms. The fourth-order valence-electron chi connectivity index (χ4n) is 2.18. The molecule has 0 unspecified atom stereocenters. The zero-order valence-corrected chi connectivity index (χ0v) is 10.6. The number of rotatable bonds is 1. The van der Waals surface area contributed by atoms with Gasteiger partial charge in [-0.2, -0.15) is 5.26 Å². The molecule has 0 aliphatic rings. The van der Waals surface area contributed by atoms with Crippen molar-refractivity contribution < 1.29 is 8.78 Å². The average molecular weight is 269 g/mol. The Morgan fingerprint density at radius 2 is 1.95 bits per heavy atom. The van der Waals surface area contributed by atoms with Gasteiger partial charge in [-0.15, -0.1) is 0 Å². The minimum absolute atomic E-state index is 0.226. The largest absolute Gasteiger partial charge is 0.327 e. The van der Waals surface area contributed by atoms with Crippen molar-refractivity contribution in [3.8, 4) is 17.5 Å². The number of aryl methyl sites for hydroxylation is 1. The van der Waals surface area contributed by atoms with Crippen molar-refractivity contribution in [3.63, 3.8) is 0 Å². The van der Waals surface area contributed by atoms with E-state index in [1.165, 1.54) is 12.1 Å². The Labute approximate surface area is 113 Å². The molecule has 98 valence electrons. The van der Waals surface area contributed by atoms with Crippen LogP contribution >= 0.6 is 0 Å². The van der Waals surface area contributed by atoms with E-state index in [4.69, 9.17) is 5.26 Å². The molecule has 0 aliphatic carbocycles. The molecule has 20 heavy (non-hydrogen) atoms. The fourth-order valence-corrected chi connectivity index (χ4v) is 2.18. The van der Waals surface area contributed by atoms with Crippen LogP contribution in [0.1, 0.15) is 5.56 Å². The van der Waals surface area contributed by atoms with Crippen molar-refractivity contribution in [3.05, 3.63) is 53.6 Å². The van der Waals surface area contributed by atoms with Gasteiger partial charge in [-0.1, -0.05) is 0 Å². The summed E-state index contributed by atoms with van der Waals surface area (Å²) in [5, 5.41) is 8.88. The number of hydrogen-bond acceptors (Lipinski definition) is 2. The summed E-state index contributed by atoms with van der Waals surface area (Å²) in [7, 11) is 1.75. The summed E-state index contributed by atoms with van der Waals surface area (Å²) in [5.41, 5.74) is 2.10. The minimum atomic E-state index is -0.663. The van der Waals surface area contributed by atoms with Crippen LogP contribution in [-0.4, -0.2) is 9.55 Å². The molecule has 3 aromatic rings. The van der Waals surface area contributed by atoms with E-state index in [1.807, 2.05) is 6.07 Å². The van der Waals surface area contributed by atoms with Crippen LogP contribution in [0.15, 0.2) is 36.4 Å². The van der Waals surface area contributed by atoms with Crippen molar-refractivity contribution in [1.29, 1.82) is 5.26 Å². The third-order valence-electron chi connectivity index (χ3n) is 3.18. The Morgan fingerprint density at radius 1 is 1.15 bits per heavy atom. The van der Waals surface area contributed by atoms with Crippen LogP contribution < -0.4 is 0 Å². The molecule has 0 fully saturated rings. The zero-order chi connectivity index (χ0) is 14.3. The first-order chi connectivity index (χ1) is 9.60. The molecule has 1 heterocycles. The van der Waals surface area contributed by atoms with Crippen LogP contribution in [0, 0.1) is 23.0 Å². The minimum Gasteiger partial charge on any atom is -0.327 e. The summed E-state index contributed by atoms with van der Waals surface area (Å²) in [6.07, 6.45) is 0. The fraction of sp³-hybridized carbons (Fsp3) is 0.0667. The molecule has 0 atom stereocenters. The molecule has 0 saturated carbocycles. The van der Waals surface area contributed by atoms with Gasteiger partial charge < -0.3 is 4.57 Å². The standard InChI is InChI=1S/C15H9F2N3/c1-20-14-5-2-9(8-18)6-13(14)19-15(20)11-4-3-10(16)7-12(11)17/h2-7H,1H3. The van der Waals surface area contributed by atoms with Gasteiger partial charge in [0.1, 0.15) is 17.5 Å². The number of nitrogens with zero attached hydrogens (tertiary/aromatic N) is 3. The van der Waals surface area contributed by atoms with Gasteiger partial charge in [0.15, 0.2) is 0 Å². The van der Waals surface area contributed by atoms with Crippen LogP contribution in [0.5, 0.6) is 0 Å². The van der Waals surface area contributed by atoms with Gasteiger partial charge >= 0.3 is 0 Å². The molecule has 0 saturated heterocycles. The monoisotopic (exact) mass is 269 g/mol. The number of nitriles is 1. The summed E-state index contributed by atoms with van der Waals surface area (Å²) in [4.78, 5) is 4.33. The van der Waals surface area contributed by atoms with E-state index in [0.717, 1.165) is 11.6 Å². The Balaban J connectivity index is 2.26. The number of benzene rings is 2. The molecule has 3 nitrogen and oxygen atoms in total. The van der Waals surface area contributed by atoms with Crippen LogP contribution in [0.3, 0.4) is 0 Å². The molecule has 0 radical (unpaired) electrons. The van der Waals surface area contributed by atoms with E-state index in [-0.39, 0.29) is 5.56 Å². The average Bonchev–Trinajstić information content (AvgIpc) is 2.75. The highest BCUT2D eigenvalue weighted by atomic mass is 19.1. The van der Waals surface area contributed by atoms with E-state index < -0.39 is 11.6 Å². The number of fused-ring (bicyclic) bond motifs is 1. The van der Waals surface area contributed by atoms with Crippen LogP contribution in [0.2, 0.25) is 0 Å². The number of aromatic nitrogens is 2. The molecule has 2 aromatic carbocycles. The second kappa shape index (κ2) is 4.42. The Kier molecular flexibility index (Phi) is 2.72. The second-order valence-electron chi connectivity index (χ2n) is 4.43. The third kappa shape index (κ3) is 1.82. The molecule has 0 spiro atoms. The summed E-state index contributed by atoms with van der Waals surface area (Å²) >= 11 is 0. The van der Waals surface area contributed by atoms with Crippen LogP contribution in [0.4, 0.5) is 8.78 Å². The lowest BCUT2D eigenvalue weighted by Crippen LogP contribution is -1.95. The normalized spacial score (nSPS) is 10.7. The third-order valence-corrected chi connectivity index (χ3v) is 3.18. The summed E-state index contributed by atoms with van der Waals surface area (Å²) in [6.45, 7) is 0. The topological polar surface area (TPSA) is 41.6 Å². The molecule has 0 amide bonds. The van der Waals surface area contributed by atoms with Crippen LogP contribution in [-0.2, 0) is 7.05 Å². The van der Waals surface area contributed by atoms with Crippen molar-refractivity contribution in [2.24, 2.45) is 7.05 Å². The van der Waals surface area contributed by atoms with Gasteiger partial charge in [-0.25, -0.2) is 13.8 Å². The first-order valence-electron chi connectivity index (χ1n) is 5.92. The summed E-state index contributed by atoms with van der Waals surface area (Å²) in [5.74, 6) is -0.895. The number of halogens is 2. The van der Waals surface area contributed by atoms with Gasteiger partial charge in [0.25, 0.3) is 0 Å². The first-order valence-corrected chi connectivity index (χ1v) is 5.92. The van der Waals surface area contributed by atoms with Gasteiger partial charge in [0.2, 0.25) is 0 Å². The van der Waals surface area contributed by atoms with Crippen LogP contribution in [0.25, 0.3) is 22.4 Å². The zero-order valence-electron chi connectivity index (χ0n) is 10.6. The number of imidazole rings is 1. The highest BCUT2D eigenvalue weighted by Gasteiger charge is 2.14. The highest BCUT2D eigenvalue weighted by molar-refractivity contribution is 5.81. The molecule has 3 rings (SSSR count). The van der Waals surface area contributed by atoms with E-state index in [1.54, 1.807) is 29.8 Å². The lowest BCUT2D eigenvalue weighted by atomic mass is 10.2. The van der Waals surface area contributed by atoms with Crippen molar-refractivity contribution in [1.82, 2.24) is 9.55 Å². The molecular weight excluding hydrogens is 260 g/mol. The van der Waals surface area contributed by atoms with Gasteiger partial charge in [-0.3, -0.25) is 0 Å². The SMILES string of the molecule is Cn1c(-c2ccc(F)cc2F)nc2cc(C#N)ccc21. The van der Waals surface area contributed by atoms with E-state index >= 15 is 0 Å². The second-order valence-corrected chi connectivity index (χ2v) is 4.43. The van der Waals surface area contributed by atoms with Crippen molar-refractivity contribution in [2.45, 2.75) is 0 Å². The van der Waals surface area contributed by atoms with Crippen molar-refractivity contribution in [2.75, 3.05) is 0 Å². The molecular formula is C15H9F2N3. The number of hydrogen-bond donors (Lipinski definition) is 0. The van der Waals surface area contributed by atoms with Gasteiger partial charge in [0, 0.05) is 13.1 Å². The maximum atomic E-state index is 13.8. The predicted octanol–water partition coefficient (Wildman–Crippen LogP) is 3.39. The quantitative estimate of drug-likeness (QED) is 0.679. The maximum absolute atomic E-state index is 13.8. The van der Waals surface area contributed by atoms with E-state index in [0.29, 0.717) is 16.9 Å². The highest BCUT2D eigenvalue weighted by Crippen LogP contribution is 2.26. The molecule has 1 aromatic heterocycles. The smallest absolute Gasteiger partial charge is 0.143 e. The van der Waals surface area contributed by atoms with E-state index in [2.05, 4.69) is 4.98 Å². The Morgan fingerprint density at radius 3 is 2.65 bits per heavy atom. The summed E-state index contributed by atoms with van der Waals surface area (Å²) < 4.78 is 28.5. The van der Waals surface area contributed by atoms with Crippen molar-refractivity contribution >= 4 is 11.0 Å². The summed E-state index contributed by atoms with van der Waals surface area (Å²) in [6, 6.07) is 10.5. The maximum Gasteiger partial charge on any atom is 0.143 e. The van der Waals surface area contributed by atoms with Gasteiger partial charge in [-0.05, 0) is 30.3 Å². The predicted molar refractivity (Wildman–Crippen MR) is 70.8 cm³/mol. The Hall–Kier alpha value is -2.74. The molecule has 0 N–H and O–H groups in total.